The maximum absolute atomic E-state index is 9.40. The highest BCUT2D eigenvalue weighted by Gasteiger charge is 2.15. The van der Waals surface area contributed by atoms with Crippen LogP contribution in [0.1, 0.15) is 32.1 Å². The van der Waals surface area contributed by atoms with Crippen molar-refractivity contribution >= 4 is 0 Å². The molecule has 0 fully saturated rings. The predicted octanol–water partition coefficient (Wildman–Crippen LogP) is 2.18. The fraction of sp³-hybridized carbons (Fsp3) is 0.667. The van der Waals surface area contributed by atoms with Crippen LogP contribution < -0.4 is 0 Å². The normalized spacial score (nSPS) is 13.8. The molecule has 86 valence electrons. The zero-order valence-corrected chi connectivity index (χ0v) is 10.0. The summed E-state index contributed by atoms with van der Waals surface area (Å²) >= 11 is 0. The summed E-state index contributed by atoms with van der Waals surface area (Å²) in [5.74, 6) is 0.990. The molecule has 0 saturated carbocycles. The molecule has 0 aliphatic rings. The van der Waals surface area contributed by atoms with Crippen LogP contribution in [-0.4, -0.2) is 28.7 Å². The fourth-order valence-electron chi connectivity index (χ4n) is 1.55. The Balaban J connectivity index is 2.63. The number of hydrogen-bond donors (Lipinski definition) is 1. The van der Waals surface area contributed by atoms with Gasteiger partial charge in [-0.3, -0.25) is 4.90 Å². The molecule has 0 radical (unpaired) electrons. The van der Waals surface area contributed by atoms with Gasteiger partial charge in [-0.15, -0.1) is 0 Å². The zero-order chi connectivity index (χ0) is 11.4. The van der Waals surface area contributed by atoms with Crippen molar-refractivity contribution in [2.75, 3.05) is 6.54 Å². The van der Waals surface area contributed by atoms with E-state index in [1.54, 1.807) is 6.26 Å². The van der Waals surface area contributed by atoms with Gasteiger partial charge in [-0.2, -0.15) is 0 Å². The Morgan fingerprint density at radius 2 is 2.07 bits per heavy atom. The van der Waals surface area contributed by atoms with Gasteiger partial charge in [-0.25, -0.2) is 0 Å². The molecule has 0 bridgehead atoms. The number of rotatable bonds is 5. The topological polar surface area (TPSA) is 36.6 Å². The number of hydrogen-bond acceptors (Lipinski definition) is 3. The smallest absolute Gasteiger partial charge is 0.120 e. The van der Waals surface area contributed by atoms with E-state index in [-0.39, 0.29) is 6.10 Å². The first-order valence-electron chi connectivity index (χ1n) is 5.45. The first-order valence-corrected chi connectivity index (χ1v) is 5.45. The molecule has 1 rings (SSSR count). The minimum absolute atomic E-state index is 0.303. The van der Waals surface area contributed by atoms with Gasteiger partial charge in [0.2, 0.25) is 0 Å². The van der Waals surface area contributed by atoms with E-state index in [0.717, 1.165) is 12.3 Å². The average Bonchev–Trinajstić information content (AvgIpc) is 2.50. The Morgan fingerprint density at radius 1 is 1.40 bits per heavy atom. The van der Waals surface area contributed by atoms with Crippen LogP contribution in [-0.2, 0) is 6.54 Å². The molecular weight excluding hydrogens is 190 g/mol. The molecule has 1 N–H and O–H groups in total. The molecule has 0 aromatic carbocycles. The van der Waals surface area contributed by atoms with Crippen molar-refractivity contribution in [3.63, 3.8) is 0 Å². The van der Waals surface area contributed by atoms with Crippen LogP contribution in [0.2, 0.25) is 0 Å². The van der Waals surface area contributed by atoms with Crippen molar-refractivity contribution in [1.29, 1.82) is 0 Å². The largest absolute Gasteiger partial charge is 0.468 e. The number of aliphatic hydroxyl groups is 1. The lowest BCUT2D eigenvalue weighted by atomic mass is 10.2. The molecule has 1 aromatic rings. The molecule has 15 heavy (non-hydrogen) atoms. The molecular formula is C12H21NO2. The molecule has 1 heterocycles. The van der Waals surface area contributed by atoms with Gasteiger partial charge >= 0.3 is 0 Å². The van der Waals surface area contributed by atoms with E-state index >= 15 is 0 Å². The Kier molecular flexibility index (Phi) is 4.36. The Bertz CT molecular complexity index is 292. The SMILES string of the molecule is Cc1ccoc1CN(CC(C)O)C(C)C. The highest BCUT2D eigenvalue weighted by atomic mass is 16.3. The number of furan rings is 1. The van der Waals surface area contributed by atoms with Crippen molar-refractivity contribution in [1.82, 2.24) is 4.90 Å². The molecule has 0 amide bonds. The minimum Gasteiger partial charge on any atom is -0.468 e. The first kappa shape index (κ1) is 12.3. The van der Waals surface area contributed by atoms with E-state index in [2.05, 4.69) is 18.7 Å². The standard InChI is InChI=1S/C12H21NO2/c1-9(2)13(7-11(4)14)8-12-10(3)5-6-15-12/h5-6,9,11,14H,7-8H2,1-4H3. The summed E-state index contributed by atoms with van der Waals surface area (Å²) in [6, 6.07) is 2.38. The Hall–Kier alpha value is -0.800. The van der Waals surface area contributed by atoms with Gasteiger partial charge in [0.25, 0.3) is 0 Å². The van der Waals surface area contributed by atoms with Crippen molar-refractivity contribution < 1.29 is 9.52 Å². The van der Waals surface area contributed by atoms with E-state index in [1.165, 1.54) is 5.56 Å². The minimum atomic E-state index is -0.303. The van der Waals surface area contributed by atoms with E-state index in [1.807, 2.05) is 19.9 Å². The van der Waals surface area contributed by atoms with Crippen molar-refractivity contribution in [3.8, 4) is 0 Å². The van der Waals surface area contributed by atoms with Crippen LogP contribution >= 0.6 is 0 Å². The second kappa shape index (κ2) is 5.33. The third kappa shape index (κ3) is 3.68. The Morgan fingerprint density at radius 3 is 2.47 bits per heavy atom. The van der Waals surface area contributed by atoms with Crippen LogP contribution in [0, 0.1) is 6.92 Å². The van der Waals surface area contributed by atoms with Crippen molar-refractivity contribution in [2.45, 2.75) is 46.4 Å². The molecule has 0 saturated heterocycles. The van der Waals surface area contributed by atoms with Gasteiger partial charge in [0.1, 0.15) is 5.76 Å². The predicted molar refractivity (Wildman–Crippen MR) is 60.7 cm³/mol. The molecule has 0 aliphatic carbocycles. The number of aliphatic hydroxyl groups excluding tert-OH is 1. The van der Waals surface area contributed by atoms with Crippen LogP contribution in [0.4, 0.5) is 0 Å². The van der Waals surface area contributed by atoms with E-state index < -0.39 is 0 Å². The second-order valence-electron chi connectivity index (χ2n) is 4.40. The summed E-state index contributed by atoms with van der Waals surface area (Å²) in [6.07, 6.45) is 1.41. The van der Waals surface area contributed by atoms with Crippen molar-refractivity contribution in [3.05, 3.63) is 23.7 Å². The quantitative estimate of drug-likeness (QED) is 0.811. The van der Waals surface area contributed by atoms with Gasteiger partial charge in [0.15, 0.2) is 0 Å². The lowest BCUT2D eigenvalue weighted by Gasteiger charge is -2.26. The van der Waals surface area contributed by atoms with Crippen LogP contribution in [0.15, 0.2) is 16.7 Å². The first-order chi connectivity index (χ1) is 7.00. The fourth-order valence-corrected chi connectivity index (χ4v) is 1.55. The van der Waals surface area contributed by atoms with Crippen molar-refractivity contribution in [2.24, 2.45) is 0 Å². The summed E-state index contributed by atoms with van der Waals surface area (Å²) < 4.78 is 5.40. The highest BCUT2D eigenvalue weighted by Crippen LogP contribution is 2.14. The van der Waals surface area contributed by atoms with E-state index in [4.69, 9.17) is 4.42 Å². The summed E-state index contributed by atoms with van der Waals surface area (Å²) in [6.45, 7) is 9.55. The molecule has 3 nitrogen and oxygen atoms in total. The molecule has 3 heteroatoms. The zero-order valence-electron chi connectivity index (χ0n) is 10.0. The highest BCUT2D eigenvalue weighted by molar-refractivity contribution is 5.14. The summed E-state index contributed by atoms with van der Waals surface area (Å²) in [4.78, 5) is 2.20. The van der Waals surface area contributed by atoms with E-state index in [9.17, 15) is 5.11 Å². The molecule has 1 atom stereocenters. The second-order valence-corrected chi connectivity index (χ2v) is 4.40. The van der Waals surface area contributed by atoms with Crippen LogP contribution in [0.25, 0.3) is 0 Å². The third-order valence-electron chi connectivity index (χ3n) is 2.54. The van der Waals surface area contributed by atoms with E-state index in [0.29, 0.717) is 12.6 Å². The third-order valence-corrected chi connectivity index (χ3v) is 2.54. The summed E-state index contributed by atoms with van der Waals surface area (Å²) in [7, 11) is 0. The van der Waals surface area contributed by atoms with Gasteiger partial charge in [-0.1, -0.05) is 0 Å². The summed E-state index contributed by atoms with van der Waals surface area (Å²) in [5, 5.41) is 9.40. The molecule has 1 aromatic heterocycles. The van der Waals surface area contributed by atoms with Gasteiger partial charge < -0.3 is 9.52 Å². The van der Waals surface area contributed by atoms with Crippen LogP contribution in [0.5, 0.6) is 0 Å². The maximum atomic E-state index is 9.40. The lowest BCUT2D eigenvalue weighted by Crippen LogP contribution is -2.36. The lowest BCUT2D eigenvalue weighted by molar-refractivity contribution is 0.0973. The molecule has 0 aliphatic heterocycles. The van der Waals surface area contributed by atoms with Crippen LogP contribution in [0.3, 0.4) is 0 Å². The van der Waals surface area contributed by atoms with Gasteiger partial charge in [-0.05, 0) is 39.3 Å². The summed E-state index contributed by atoms with van der Waals surface area (Å²) in [5.41, 5.74) is 1.17. The monoisotopic (exact) mass is 211 g/mol. The molecule has 1 unspecified atom stereocenters. The molecule has 0 spiro atoms. The van der Waals surface area contributed by atoms with Gasteiger partial charge in [0, 0.05) is 12.6 Å². The number of nitrogens with zero attached hydrogens (tertiary/aromatic N) is 1. The van der Waals surface area contributed by atoms with Gasteiger partial charge in [0.05, 0.1) is 18.9 Å². The Labute approximate surface area is 91.7 Å². The number of aryl methyl sites for hydroxylation is 1. The average molecular weight is 211 g/mol. The maximum Gasteiger partial charge on any atom is 0.120 e.